The Morgan fingerprint density at radius 3 is 2.52 bits per heavy atom. The van der Waals surface area contributed by atoms with Crippen LogP contribution in [-0.4, -0.2) is 41.1 Å². The fourth-order valence-corrected chi connectivity index (χ4v) is 3.54. The highest BCUT2D eigenvalue weighted by Crippen LogP contribution is 2.27. The van der Waals surface area contributed by atoms with Crippen molar-refractivity contribution in [2.75, 3.05) is 13.2 Å². The van der Waals surface area contributed by atoms with Crippen LogP contribution in [0.1, 0.15) is 30.9 Å². The van der Waals surface area contributed by atoms with Crippen molar-refractivity contribution in [1.29, 1.82) is 0 Å². The predicted octanol–water partition coefficient (Wildman–Crippen LogP) is 3.70. The molecular weight excluding hydrogens is 336 g/mol. The molecule has 1 aliphatic heterocycles. The molecule has 1 aromatic heterocycles. The Morgan fingerprint density at radius 1 is 1.24 bits per heavy atom. The molecule has 2 aromatic rings. The molecular formula is C20H23ClN2O2. The number of aromatic nitrogens is 1. The van der Waals surface area contributed by atoms with Crippen LogP contribution in [0.15, 0.2) is 48.8 Å². The highest BCUT2D eigenvalue weighted by molar-refractivity contribution is 6.30. The molecule has 5 heteroatoms. The minimum absolute atomic E-state index is 0.0694. The highest BCUT2D eigenvalue weighted by Gasteiger charge is 2.34. The Bertz CT molecular complexity index is 695. The number of benzene rings is 1. The van der Waals surface area contributed by atoms with E-state index in [1.54, 1.807) is 6.20 Å². The fourth-order valence-electron chi connectivity index (χ4n) is 3.42. The smallest absolute Gasteiger partial charge is 0.231 e. The van der Waals surface area contributed by atoms with Gasteiger partial charge in [-0.05, 0) is 49.6 Å². The maximum absolute atomic E-state index is 13.4. The second-order valence-electron chi connectivity index (χ2n) is 6.65. The van der Waals surface area contributed by atoms with Gasteiger partial charge in [-0.2, -0.15) is 0 Å². The summed E-state index contributed by atoms with van der Waals surface area (Å²) < 4.78 is 5.57. The third-order valence-corrected chi connectivity index (χ3v) is 4.91. The van der Waals surface area contributed by atoms with Gasteiger partial charge in [-0.15, -0.1) is 0 Å². The first-order valence-corrected chi connectivity index (χ1v) is 8.98. The lowest BCUT2D eigenvalue weighted by molar-refractivity contribution is -0.145. The maximum Gasteiger partial charge on any atom is 0.231 e. The molecule has 1 saturated heterocycles. The van der Waals surface area contributed by atoms with Gasteiger partial charge >= 0.3 is 0 Å². The molecule has 3 rings (SSSR count). The Balaban J connectivity index is 1.92. The molecule has 1 aliphatic rings. The number of carbonyl (C=O) groups excluding carboxylic acids is 1. The van der Waals surface area contributed by atoms with E-state index >= 15 is 0 Å². The Labute approximate surface area is 153 Å². The Kier molecular flexibility index (Phi) is 5.71. The van der Waals surface area contributed by atoms with Crippen molar-refractivity contribution in [3.63, 3.8) is 0 Å². The predicted molar refractivity (Wildman–Crippen MR) is 98.7 cm³/mol. The zero-order valence-corrected chi connectivity index (χ0v) is 15.3. The van der Waals surface area contributed by atoms with Gasteiger partial charge in [-0.1, -0.05) is 29.8 Å². The lowest BCUT2D eigenvalue weighted by atomic mass is 9.90. The lowest BCUT2D eigenvalue weighted by Gasteiger charge is -2.40. The van der Waals surface area contributed by atoms with Crippen molar-refractivity contribution >= 4 is 17.5 Å². The molecule has 0 spiro atoms. The van der Waals surface area contributed by atoms with Crippen LogP contribution in [0.2, 0.25) is 5.02 Å². The summed E-state index contributed by atoms with van der Waals surface area (Å²) in [6.45, 7) is 5.24. The summed E-state index contributed by atoms with van der Waals surface area (Å²) in [6.07, 6.45) is 4.18. The molecule has 1 aromatic carbocycles. The van der Waals surface area contributed by atoms with E-state index < -0.39 is 0 Å². The van der Waals surface area contributed by atoms with Crippen LogP contribution in [0.4, 0.5) is 0 Å². The standard InChI is InChI=1S/C20H23ClN2O2/c1-14-12-25-13-15(2)23(14)20(24)19(10-16-4-3-9-22-11-16)17-5-7-18(21)8-6-17/h3-9,11,14-15,19H,10,12-13H2,1-2H3. The summed E-state index contributed by atoms with van der Waals surface area (Å²) in [5.41, 5.74) is 2.02. The molecule has 3 unspecified atom stereocenters. The van der Waals surface area contributed by atoms with Crippen LogP contribution < -0.4 is 0 Å². The first-order chi connectivity index (χ1) is 12.1. The van der Waals surface area contributed by atoms with Crippen LogP contribution in [0.5, 0.6) is 0 Å². The molecule has 1 fully saturated rings. The van der Waals surface area contributed by atoms with Gasteiger partial charge in [0, 0.05) is 17.4 Å². The van der Waals surface area contributed by atoms with Crippen molar-refractivity contribution in [2.45, 2.75) is 38.3 Å². The van der Waals surface area contributed by atoms with Crippen molar-refractivity contribution in [3.05, 3.63) is 64.9 Å². The van der Waals surface area contributed by atoms with Crippen LogP contribution in [-0.2, 0) is 16.0 Å². The number of hydrogen-bond acceptors (Lipinski definition) is 3. The monoisotopic (exact) mass is 358 g/mol. The van der Waals surface area contributed by atoms with E-state index in [1.807, 2.05) is 61.3 Å². The molecule has 0 aliphatic carbocycles. The number of halogens is 1. The number of carbonyl (C=O) groups is 1. The van der Waals surface area contributed by atoms with Gasteiger partial charge in [0.05, 0.1) is 31.2 Å². The lowest BCUT2D eigenvalue weighted by Crippen LogP contribution is -2.54. The van der Waals surface area contributed by atoms with Crippen molar-refractivity contribution in [2.24, 2.45) is 0 Å². The van der Waals surface area contributed by atoms with Gasteiger partial charge in [0.1, 0.15) is 0 Å². The van der Waals surface area contributed by atoms with Gasteiger partial charge in [0.25, 0.3) is 0 Å². The van der Waals surface area contributed by atoms with Crippen LogP contribution in [0.25, 0.3) is 0 Å². The van der Waals surface area contributed by atoms with E-state index in [4.69, 9.17) is 16.3 Å². The summed E-state index contributed by atoms with van der Waals surface area (Å²) in [6, 6.07) is 11.6. The Morgan fingerprint density at radius 2 is 1.92 bits per heavy atom. The molecule has 0 bridgehead atoms. The van der Waals surface area contributed by atoms with Crippen molar-refractivity contribution in [1.82, 2.24) is 9.88 Å². The number of morpholine rings is 1. The minimum atomic E-state index is -0.260. The van der Waals surface area contributed by atoms with Gasteiger partial charge < -0.3 is 9.64 Å². The fraction of sp³-hybridized carbons (Fsp3) is 0.400. The Hall–Kier alpha value is -1.91. The maximum atomic E-state index is 13.4. The van der Waals surface area contributed by atoms with E-state index in [1.165, 1.54) is 0 Å². The van der Waals surface area contributed by atoms with Crippen molar-refractivity contribution < 1.29 is 9.53 Å². The van der Waals surface area contributed by atoms with Crippen LogP contribution >= 0.6 is 11.6 Å². The molecule has 25 heavy (non-hydrogen) atoms. The van der Waals surface area contributed by atoms with Gasteiger partial charge in [-0.25, -0.2) is 0 Å². The number of pyridine rings is 1. The molecule has 0 N–H and O–H groups in total. The van der Waals surface area contributed by atoms with Gasteiger partial charge in [-0.3, -0.25) is 9.78 Å². The van der Waals surface area contributed by atoms with E-state index in [2.05, 4.69) is 4.98 Å². The number of amides is 1. The molecule has 1 amide bonds. The average Bonchev–Trinajstić information content (AvgIpc) is 2.61. The molecule has 3 atom stereocenters. The van der Waals surface area contributed by atoms with Crippen molar-refractivity contribution in [3.8, 4) is 0 Å². The summed E-state index contributed by atoms with van der Waals surface area (Å²) in [5, 5.41) is 0.671. The van der Waals surface area contributed by atoms with E-state index in [0.29, 0.717) is 24.7 Å². The van der Waals surface area contributed by atoms with Crippen LogP contribution in [0, 0.1) is 0 Å². The summed E-state index contributed by atoms with van der Waals surface area (Å²) in [7, 11) is 0. The van der Waals surface area contributed by atoms with Crippen LogP contribution in [0.3, 0.4) is 0 Å². The van der Waals surface area contributed by atoms with E-state index in [9.17, 15) is 4.79 Å². The topological polar surface area (TPSA) is 42.4 Å². The molecule has 2 heterocycles. The van der Waals surface area contributed by atoms with Gasteiger partial charge in [0.2, 0.25) is 5.91 Å². The quantitative estimate of drug-likeness (QED) is 0.837. The summed E-state index contributed by atoms with van der Waals surface area (Å²) in [5.74, 6) is -0.126. The number of ether oxygens (including phenoxy) is 1. The first kappa shape index (κ1) is 17.9. The third kappa shape index (κ3) is 4.20. The summed E-state index contributed by atoms with van der Waals surface area (Å²) >= 11 is 6.03. The third-order valence-electron chi connectivity index (χ3n) is 4.66. The normalized spacial score (nSPS) is 21.8. The van der Waals surface area contributed by atoms with E-state index in [0.717, 1.165) is 11.1 Å². The molecule has 132 valence electrons. The second-order valence-corrected chi connectivity index (χ2v) is 7.09. The number of rotatable bonds is 4. The van der Waals surface area contributed by atoms with E-state index in [-0.39, 0.29) is 23.9 Å². The summed E-state index contributed by atoms with van der Waals surface area (Å²) in [4.78, 5) is 19.6. The number of nitrogens with zero attached hydrogens (tertiary/aromatic N) is 2. The molecule has 4 nitrogen and oxygen atoms in total. The zero-order valence-electron chi connectivity index (χ0n) is 14.6. The largest absolute Gasteiger partial charge is 0.377 e. The second kappa shape index (κ2) is 7.98. The highest BCUT2D eigenvalue weighted by atomic mass is 35.5. The SMILES string of the molecule is CC1COCC(C)N1C(=O)C(Cc1cccnc1)c1ccc(Cl)cc1. The average molecular weight is 359 g/mol. The first-order valence-electron chi connectivity index (χ1n) is 8.60. The number of hydrogen-bond donors (Lipinski definition) is 0. The van der Waals surface area contributed by atoms with Gasteiger partial charge in [0.15, 0.2) is 0 Å². The minimum Gasteiger partial charge on any atom is -0.377 e. The molecule has 0 radical (unpaired) electrons. The zero-order chi connectivity index (χ0) is 17.8. The molecule has 0 saturated carbocycles.